The van der Waals surface area contributed by atoms with Gasteiger partial charge in [0.1, 0.15) is 6.61 Å². The highest BCUT2D eigenvalue weighted by Crippen LogP contribution is 2.23. The molecule has 1 N–H and O–H groups in total. The maximum absolute atomic E-state index is 13.7. The van der Waals surface area contributed by atoms with Gasteiger partial charge in [0.05, 0.1) is 5.69 Å². The van der Waals surface area contributed by atoms with Gasteiger partial charge in [-0.25, -0.2) is 4.39 Å². The Balaban J connectivity index is 2.35. The Morgan fingerprint density at radius 2 is 2.11 bits per heavy atom. The van der Waals surface area contributed by atoms with Crippen molar-refractivity contribution in [2.75, 3.05) is 19.0 Å². The second-order valence-electron chi connectivity index (χ2n) is 4.15. The number of hydrogen-bond donors (Lipinski definition) is 1. The fourth-order valence-electron chi connectivity index (χ4n) is 1.65. The van der Waals surface area contributed by atoms with E-state index in [9.17, 15) is 4.39 Å². The van der Waals surface area contributed by atoms with Crippen molar-refractivity contribution in [1.29, 1.82) is 0 Å². The number of rotatable bonds is 8. The highest BCUT2D eigenvalue weighted by Gasteiger charge is 2.06. The molecule has 0 saturated heterocycles. The van der Waals surface area contributed by atoms with Crippen LogP contribution in [0.15, 0.2) is 30.4 Å². The van der Waals surface area contributed by atoms with Crippen LogP contribution in [-0.4, -0.2) is 13.7 Å². The van der Waals surface area contributed by atoms with E-state index in [4.69, 9.17) is 4.74 Å². The van der Waals surface area contributed by atoms with Crippen LogP contribution in [0.2, 0.25) is 0 Å². The van der Waals surface area contributed by atoms with E-state index in [-0.39, 0.29) is 5.82 Å². The zero-order chi connectivity index (χ0) is 13.2. The zero-order valence-corrected chi connectivity index (χ0v) is 11.2. The molecular weight excluding hydrogens is 229 g/mol. The Bertz CT molecular complexity index is 377. The summed E-state index contributed by atoms with van der Waals surface area (Å²) in [5, 5.41) is 2.79. The minimum Gasteiger partial charge on any atom is -0.486 e. The van der Waals surface area contributed by atoms with Gasteiger partial charge in [-0.2, -0.15) is 0 Å². The topological polar surface area (TPSA) is 21.3 Å². The van der Waals surface area contributed by atoms with E-state index in [2.05, 4.69) is 18.3 Å². The Kier molecular flexibility index (Phi) is 6.92. The van der Waals surface area contributed by atoms with Crippen LogP contribution in [0.4, 0.5) is 10.1 Å². The molecule has 0 heterocycles. The van der Waals surface area contributed by atoms with Crippen molar-refractivity contribution in [2.24, 2.45) is 0 Å². The van der Waals surface area contributed by atoms with Gasteiger partial charge in [-0.3, -0.25) is 0 Å². The third-order valence-corrected chi connectivity index (χ3v) is 2.71. The van der Waals surface area contributed by atoms with E-state index in [1.165, 1.54) is 19.3 Å². The molecule has 2 nitrogen and oxygen atoms in total. The number of unbranched alkanes of at least 4 members (excludes halogenated alkanes) is 3. The van der Waals surface area contributed by atoms with E-state index in [1.54, 1.807) is 25.2 Å². The summed E-state index contributed by atoms with van der Waals surface area (Å²) in [6.07, 6.45) is 8.79. The number of halogens is 1. The fraction of sp³-hybridized carbons (Fsp3) is 0.467. The quantitative estimate of drug-likeness (QED) is 0.546. The minimum atomic E-state index is -0.334. The minimum absolute atomic E-state index is 0.292. The van der Waals surface area contributed by atoms with E-state index >= 15 is 0 Å². The van der Waals surface area contributed by atoms with Crippen molar-refractivity contribution in [3.63, 3.8) is 0 Å². The molecule has 1 aromatic rings. The summed E-state index contributed by atoms with van der Waals surface area (Å²) in [7, 11) is 1.69. The molecule has 0 aliphatic carbocycles. The van der Waals surface area contributed by atoms with Crippen molar-refractivity contribution in [3.05, 3.63) is 36.2 Å². The molecule has 0 spiro atoms. The van der Waals surface area contributed by atoms with Gasteiger partial charge in [0.15, 0.2) is 11.6 Å². The first kappa shape index (κ1) is 14.6. The number of hydrogen-bond acceptors (Lipinski definition) is 2. The van der Waals surface area contributed by atoms with Gasteiger partial charge in [0.25, 0.3) is 0 Å². The van der Waals surface area contributed by atoms with Gasteiger partial charge in [0.2, 0.25) is 0 Å². The number of allylic oxidation sites excluding steroid dienone is 1. The second kappa shape index (κ2) is 8.56. The predicted octanol–water partition coefficient (Wildman–Crippen LogP) is 4.38. The Morgan fingerprint density at radius 3 is 2.83 bits per heavy atom. The molecule has 0 atom stereocenters. The Hall–Kier alpha value is -1.51. The Morgan fingerprint density at radius 1 is 1.28 bits per heavy atom. The standard InChI is InChI=1S/C15H22FNO/c1-3-4-5-6-7-8-12-18-14-11-9-10-13(17-2)15(14)16/h7-11,17H,3-6,12H2,1-2H3. The van der Waals surface area contributed by atoms with Crippen molar-refractivity contribution in [2.45, 2.75) is 32.6 Å². The van der Waals surface area contributed by atoms with Crippen LogP contribution in [0.1, 0.15) is 32.6 Å². The molecule has 1 rings (SSSR count). The van der Waals surface area contributed by atoms with Crippen LogP contribution in [0, 0.1) is 5.82 Å². The van der Waals surface area contributed by atoms with Crippen LogP contribution < -0.4 is 10.1 Å². The summed E-state index contributed by atoms with van der Waals surface area (Å²) in [6, 6.07) is 5.10. The summed E-state index contributed by atoms with van der Waals surface area (Å²) in [5.41, 5.74) is 0.458. The van der Waals surface area contributed by atoms with Crippen molar-refractivity contribution < 1.29 is 9.13 Å². The van der Waals surface area contributed by atoms with Crippen LogP contribution in [0.25, 0.3) is 0 Å². The number of anilines is 1. The van der Waals surface area contributed by atoms with E-state index in [0.29, 0.717) is 18.0 Å². The maximum Gasteiger partial charge on any atom is 0.188 e. The van der Waals surface area contributed by atoms with Crippen molar-refractivity contribution in [3.8, 4) is 5.75 Å². The number of benzene rings is 1. The molecule has 0 bridgehead atoms. The SMILES string of the molecule is CCCCCC=CCOc1cccc(NC)c1F. The van der Waals surface area contributed by atoms with Crippen LogP contribution in [0.5, 0.6) is 5.75 Å². The van der Waals surface area contributed by atoms with Gasteiger partial charge >= 0.3 is 0 Å². The lowest BCUT2D eigenvalue weighted by molar-refractivity contribution is 0.342. The van der Waals surface area contributed by atoms with Crippen molar-refractivity contribution >= 4 is 5.69 Å². The molecule has 100 valence electrons. The monoisotopic (exact) mass is 251 g/mol. The highest BCUT2D eigenvalue weighted by atomic mass is 19.1. The van der Waals surface area contributed by atoms with Crippen LogP contribution in [-0.2, 0) is 0 Å². The molecule has 1 aromatic carbocycles. The average Bonchev–Trinajstić information content (AvgIpc) is 2.39. The molecule has 0 unspecified atom stereocenters. The lowest BCUT2D eigenvalue weighted by Crippen LogP contribution is -1.99. The van der Waals surface area contributed by atoms with Crippen molar-refractivity contribution in [1.82, 2.24) is 0 Å². The summed E-state index contributed by atoms with van der Waals surface area (Å²) in [4.78, 5) is 0. The van der Waals surface area contributed by atoms with E-state index in [1.807, 2.05) is 6.08 Å². The average molecular weight is 251 g/mol. The lowest BCUT2D eigenvalue weighted by Gasteiger charge is -2.08. The van der Waals surface area contributed by atoms with Gasteiger partial charge in [-0.15, -0.1) is 0 Å². The van der Waals surface area contributed by atoms with Crippen LogP contribution >= 0.6 is 0 Å². The molecule has 0 fully saturated rings. The fourth-order valence-corrected chi connectivity index (χ4v) is 1.65. The molecule has 0 amide bonds. The predicted molar refractivity (Wildman–Crippen MR) is 74.7 cm³/mol. The summed E-state index contributed by atoms with van der Waals surface area (Å²) < 4.78 is 19.1. The molecular formula is C15H22FNO. The first-order valence-corrected chi connectivity index (χ1v) is 6.53. The summed E-state index contributed by atoms with van der Waals surface area (Å²) in [5.74, 6) is -0.0422. The maximum atomic E-state index is 13.7. The lowest BCUT2D eigenvalue weighted by atomic mass is 10.2. The van der Waals surface area contributed by atoms with E-state index < -0.39 is 0 Å². The van der Waals surface area contributed by atoms with E-state index in [0.717, 1.165) is 6.42 Å². The third kappa shape index (κ3) is 4.78. The summed E-state index contributed by atoms with van der Waals surface area (Å²) >= 11 is 0. The molecule has 0 aliphatic rings. The first-order chi connectivity index (χ1) is 8.79. The first-order valence-electron chi connectivity index (χ1n) is 6.53. The largest absolute Gasteiger partial charge is 0.486 e. The van der Waals surface area contributed by atoms with Crippen LogP contribution in [0.3, 0.4) is 0 Å². The normalized spacial score (nSPS) is 10.8. The molecule has 18 heavy (non-hydrogen) atoms. The zero-order valence-electron chi connectivity index (χ0n) is 11.2. The molecule has 0 aromatic heterocycles. The molecule has 0 aliphatic heterocycles. The second-order valence-corrected chi connectivity index (χ2v) is 4.15. The summed E-state index contributed by atoms with van der Waals surface area (Å²) in [6.45, 7) is 2.60. The molecule has 0 radical (unpaired) electrons. The van der Waals surface area contributed by atoms with Gasteiger partial charge in [-0.1, -0.05) is 38.0 Å². The van der Waals surface area contributed by atoms with Gasteiger partial charge in [0, 0.05) is 7.05 Å². The smallest absolute Gasteiger partial charge is 0.188 e. The molecule has 3 heteroatoms. The molecule has 0 saturated carbocycles. The van der Waals surface area contributed by atoms with Gasteiger partial charge < -0.3 is 10.1 Å². The number of nitrogens with one attached hydrogen (secondary N) is 1. The third-order valence-electron chi connectivity index (χ3n) is 2.71. The Labute approximate surface area is 109 Å². The highest BCUT2D eigenvalue weighted by molar-refractivity contribution is 5.49. The van der Waals surface area contributed by atoms with Gasteiger partial charge in [-0.05, 0) is 25.0 Å². The number of ether oxygens (including phenoxy) is 1.